The Hall–Kier alpha value is -1.61. The van der Waals surface area contributed by atoms with Crippen LogP contribution in [0.3, 0.4) is 0 Å². The quantitative estimate of drug-likeness (QED) is 0.883. The van der Waals surface area contributed by atoms with Gasteiger partial charge in [0, 0.05) is 13.1 Å². The van der Waals surface area contributed by atoms with Crippen molar-refractivity contribution < 1.29 is 9.90 Å². The van der Waals surface area contributed by atoms with E-state index in [9.17, 15) is 4.79 Å². The molecule has 96 valence electrons. The number of aryl methyl sites for hydroxylation is 1. The van der Waals surface area contributed by atoms with Crippen LogP contribution < -0.4 is 4.90 Å². The third kappa shape index (κ3) is 2.31. The van der Waals surface area contributed by atoms with Gasteiger partial charge in [0.25, 0.3) is 0 Å². The Morgan fingerprint density at radius 2 is 2.33 bits per heavy atom. The SMILES string of the molecule is Cc1nsc(N2CC(C)CC(C(=O)O)C2)c1C#N. The molecule has 1 saturated heterocycles. The minimum atomic E-state index is -0.758. The third-order valence-electron chi connectivity index (χ3n) is 3.25. The van der Waals surface area contributed by atoms with Crippen molar-refractivity contribution in [3.05, 3.63) is 11.3 Å². The molecule has 1 N–H and O–H groups in total. The van der Waals surface area contributed by atoms with Gasteiger partial charge in [0.05, 0.1) is 11.6 Å². The second-order valence-electron chi connectivity index (χ2n) is 4.84. The van der Waals surface area contributed by atoms with Crippen LogP contribution in [-0.4, -0.2) is 28.5 Å². The lowest BCUT2D eigenvalue weighted by molar-refractivity contribution is -0.142. The monoisotopic (exact) mass is 265 g/mol. The molecule has 0 aromatic carbocycles. The molecule has 1 aliphatic heterocycles. The van der Waals surface area contributed by atoms with Crippen LogP contribution in [0.5, 0.6) is 0 Å². The third-order valence-corrected chi connectivity index (χ3v) is 4.25. The summed E-state index contributed by atoms with van der Waals surface area (Å²) in [4.78, 5) is 13.1. The van der Waals surface area contributed by atoms with Crippen LogP contribution in [0, 0.1) is 30.1 Å². The molecule has 2 rings (SSSR count). The largest absolute Gasteiger partial charge is 0.481 e. The number of hydrogen-bond donors (Lipinski definition) is 1. The number of hydrogen-bond acceptors (Lipinski definition) is 5. The molecule has 1 aromatic rings. The van der Waals surface area contributed by atoms with Gasteiger partial charge in [-0.3, -0.25) is 4.79 Å². The van der Waals surface area contributed by atoms with Gasteiger partial charge in [0.15, 0.2) is 0 Å². The highest BCUT2D eigenvalue weighted by Crippen LogP contribution is 2.33. The number of aliphatic carboxylic acids is 1. The van der Waals surface area contributed by atoms with Crippen LogP contribution in [0.15, 0.2) is 0 Å². The maximum Gasteiger partial charge on any atom is 0.308 e. The van der Waals surface area contributed by atoms with E-state index in [-0.39, 0.29) is 5.92 Å². The average molecular weight is 265 g/mol. The molecule has 6 heteroatoms. The first-order valence-electron chi connectivity index (χ1n) is 5.87. The van der Waals surface area contributed by atoms with E-state index in [1.165, 1.54) is 11.5 Å². The predicted molar refractivity (Wildman–Crippen MR) is 68.7 cm³/mol. The van der Waals surface area contributed by atoms with Gasteiger partial charge in [-0.05, 0) is 30.8 Å². The summed E-state index contributed by atoms with van der Waals surface area (Å²) >= 11 is 1.28. The molecule has 1 fully saturated rings. The fourth-order valence-corrected chi connectivity index (χ4v) is 3.26. The molecular weight excluding hydrogens is 250 g/mol. The summed E-state index contributed by atoms with van der Waals surface area (Å²) in [5.74, 6) is -0.803. The molecule has 0 amide bonds. The zero-order chi connectivity index (χ0) is 13.3. The number of aromatic nitrogens is 1. The van der Waals surface area contributed by atoms with E-state index in [0.29, 0.717) is 24.4 Å². The van der Waals surface area contributed by atoms with E-state index < -0.39 is 5.97 Å². The summed E-state index contributed by atoms with van der Waals surface area (Å²) in [6.45, 7) is 5.11. The van der Waals surface area contributed by atoms with E-state index in [1.54, 1.807) is 6.92 Å². The maximum atomic E-state index is 11.1. The Labute approximate surface area is 110 Å². The lowest BCUT2D eigenvalue weighted by atomic mass is 9.90. The van der Waals surface area contributed by atoms with Crippen molar-refractivity contribution in [2.75, 3.05) is 18.0 Å². The molecule has 0 spiro atoms. The van der Waals surface area contributed by atoms with Crippen molar-refractivity contribution >= 4 is 22.5 Å². The van der Waals surface area contributed by atoms with Gasteiger partial charge in [-0.2, -0.15) is 9.64 Å². The fraction of sp³-hybridized carbons (Fsp3) is 0.583. The number of nitrogens with zero attached hydrogens (tertiary/aromatic N) is 3. The van der Waals surface area contributed by atoms with Gasteiger partial charge < -0.3 is 10.0 Å². The van der Waals surface area contributed by atoms with E-state index in [0.717, 1.165) is 17.2 Å². The van der Waals surface area contributed by atoms with Crippen molar-refractivity contribution in [1.82, 2.24) is 4.37 Å². The fourth-order valence-electron chi connectivity index (χ4n) is 2.40. The first-order chi connectivity index (χ1) is 8.52. The van der Waals surface area contributed by atoms with E-state index in [2.05, 4.69) is 10.4 Å². The van der Waals surface area contributed by atoms with Crippen LogP contribution in [0.2, 0.25) is 0 Å². The molecule has 2 heterocycles. The standard InChI is InChI=1S/C12H15N3O2S/c1-7-3-9(12(16)17)6-15(5-7)11-10(4-13)8(2)14-18-11/h7,9H,3,5-6H2,1-2H3,(H,16,17). The minimum absolute atomic E-state index is 0.314. The van der Waals surface area contributed by atoms with Crippen LogP contribution in [0.1, 0.15) is 24.6 Å². The number of anilines is 1. The maximum absolute atomic E-state index is 11.1. The number of carboxylic acid groups (broad SMARTS) is 1. The van der Waals surface area contributed by atoms with Crippen molar-refractivity contribution in [1.29, 1.82) is 5.26 Å². The zero-order valence-electron chi connectivity index (χ0n) is 10.4. The molecule has 0 saturated carbocycles. The van der Waals surface area contributed by atoms with Crippen LogP contribution in [0.4, 0.5) is 5.00 Å². The molecule has 5 nitrogen and oxygen atoms in total. The molecule has 2 atom stereocenters. The second-order valence-corrected chi connectivity index (χ2v) is 5.59. The Morgan fingerprint density at radius 3 is 2.94 bits per heavy atom. The summed E-state index contributed by atoms with van der Waals surface area (Å²) in [6.07, 6.45) is 0.700. The van der Waals surface area contributed by atoms with Crippen molar-refractivity contribution in [2.45, 2.75) is 20.3 Å². The van der Waals surface area contributed by atoms with Crippen LogP contribution in [0.25, 0.3) is 0 Å². The summed E-state index contributed by atoms with van der Waals surface area (Å²) in [5, 5.41) is 19.1. The first-order valence-corrected chi connectivity index (χ1v) is 6.64. The normalized spacial score (nSPS) is 23.7. The lowest BCUT2D eigenvalue weighted by Crippen LogP contribution is -2.42. The van der Waals surface area contributed by atoms with E-state index >= 15 is 0 Å². The predicted octanol–water partition coefficient (Wildman–Crippen LogP) is 1.87. The molecule has 0 radical (unpaired) electrons. The van der Waals surface area contributed by atoms with E-state index in [1.807, 2.05) is 11.8 Å². The molecule has 0 bridgehead atoms. The smallest absolute Gasteiger partial charge is 0.308 e. The summed E-state index contributed by atoms with van der Waals surface area (Å²) in [6, 6.07) is 2.16. The molecule has 1 aromatic heterocycles. The van der Waals surface area contributed by atoms with E-state index in [4.69, 9.17) is 10.4 Å². The minimum Gasteiger partial charge on any atom is -0.481 e. The Bertz CT molecular complexity index is 506. The highest BCUT2D eigenvalue weighted by atomic mass is 32.1. The summed E-state index contributed by atoms with van der Waals surface area (Å²) in [5.41, 5.74) is 1.31. The number of nitriles is 1. The molecule has 0 aliphatic carbocycles. The second kappa shape index (κ2) is 4.94. The van der Waals surface area contributed by atoms with Crippen molar-refractivity contribution in [3.8, 4) is 6.07 Å². The van der Waals surface area contributed by atoms with Gasteiger partial charge >= 0.3 is 5.97 Å². The molecule has 18 heavy (non-hydrogen) atoms. The lowest BCUT2D eigenvalue weighted by Gasteiger charge is -2.35. The first kappa shape index (κ1) is 12.8. The van der Waals surface area contributed by atoms with Crippen molar-refractivity contribution in [3.63, 3.8) is 0 Å². The number of piperidine rings is 1. The van der Waals surface area contributed by atoms with Crippen LogP contribution in [-0.2, 0) is 4.79 Å². The van der Waals surface area contributed by atoms with Gasteiger partial charge in [0.1, 0.15) is 16.6 Å². The Kier molecular flexibility index (Phi) is 3.53. The average Bonchev–Trinajstić information content (AvgIpc) is 2.69. The Morgan fingerprint density at radius 1 is 1.61 bits per heavy atom. The van der Waals surface area contributed by atoms with Gasteiger partial charge in [-0.15, -0.1) is 0 Å². The summed E-state index contributed by atoms with van der Waals surface area (Å²) < 4.78 is 4.19. The highest BCUT2D eigenvalue weighted by molar-refractivity contribution is 7.10. The zero-order valence-corrected chi connectivity index (χ0v) is 11.2. The number of rotatable bonds is 2. The van der Waals surface area contributed by atoms with Gasteiger partial charge in [-0.1, -0.05) is 6.92 Å². The van der Waals surface area contributed by atoms with Crippen LogP contribution >= 0.6 is 11.5 Å². The Balaban J connectivity index is 2.27. The highest BCUT2D eigenvalue weighted by Gasteiger charge is 2.31. The van der Waals surface area contributed by atoms with Crippen molar-refractivity contribution in [2.24, 2.45) is 11.8 Å². The number of carboxylic acids is 1. The van der Waals surface area contributed by atoms with Gasteiger partial charge in [0.2, 0.25) is 0 Å². The topological polar surface area (TPSA) is 77.2 Å². The molecular formula is C12H15N3O2S. The molecule has 2 unspecified atom stereocenters. The number of carbonyl (C=O) groups is 1. The summed E-state index contributed by atoms with van der Waals surface area (Å²) in [7, 11) is 0. The van der Waals surface area contributed by atoms with Gasteiger partial charge in [-0.25, -0.2) is 0 Å². The molecule has 1 aliphatic rings.